The number of hydrogen-bond acceptors (Lipinski definition) is 4. The predicted molar refractivity (Wildman–Crippen MR) is 75.6 cm³/mol. The Kier molecular flexibility index (Phi) is 4.32. The maximum absolute atomic E-state index is 12.2. The fraction of sp³-hybridized carbons (Fsp3) is 0.429. The number of nitrogens with zero attached hydrogens (tertiary/aromatic N) is 1. The highest BCUT2D eigenvalue weighted by Gasteiger charge is 2.31. The van der Waals surface area contributed by atoms with Crippen LogP contribution in [-0.2, 0) is 4.79 Å². The third kappa shape index (κ3) is 3.43. The van der Waals surface area contributed by atoms with Crippen LogP contribution < -0.4 is 15.0 Å². The lowest BCUT2D eigenvalue weighted by atomic mass is 10.1. The van der Waals surface area contributed by atoms with Gasteiger partial charge in [-0.15, -0.1) is 0 Å². The van der Waals surface area contributed by atoms with Gasteiger partial charge < -0.3 is 20.3 Å². The van der Waals surface area contributed by atoms with Crippen LogP contribution in [0, 0.1) is 0 Å². The topological polar surface area (TPSA) is 99.1 Å². The van der Waals surface area contributed by atoms with E-state index in [1.807, 2.05) is 6.07 Å². The number of ether oxygens (including phenoxy) is 1. The molecule has 0 saturated carbocycles. The minimum absolute atomic E-state index is 0.374. The molecule has 114 valence electrons. The van der Waals surface area contributed by atoms with E-state index in [-0.39, 0.29) is 6.54 Å². The number of benzene rings is 1. The number of aliphatic carboxylic acids is 1. The normalized spacial score (nSPS) is 17.0. The van der Waals surface area contributed by atoms with Crippen LogP contribution in [0.25, 0.3) is 0 Å². The molecule has 1 unspecified atom stereocenters. The van der Waals surface area contributed by atoms with Crippen molar-refractivity contribution in [2.24, 2.45) is 0 Å². The number of nitrogens with one attached hydrogen (secondary N) is 1. The van der Waals surface area contributed by atoms with Crippen LogP contribution in [0.4, 0.5) is 10.5 Å². The number of carbonyl (C=O) groups is 2. The summed E-state index contributed by atoms with van der Waals surface area (Å²) in [7, 11) is 0. The molecule has 0 aliphatic carbocycles. The Labute approximate surface area is 122 Å². The molecular formula is C14H18N2O5. The lowest BCUT2D eigenvalue weighted by Crippen LogP contribution is -2.50. The number of para-hydroxylation sites is 2. The van der Waals surface area contributed by atoms with Crippen LogP contribution in [-0.4, -0.2) is 47.5 Å². The number of carboxylic acids is 1. The smallest absolute Gasteiger partial charge is 0.337 e. The second kappa shape index (κ2) is 6.01. The molecule has 7 heteroatoms. The minimum Gasteiger partial charge on any atom is -0.491 e. The molecule has 3 N–H and O–H groups in total. The first-order chi connectivity index (χ1) is 9.92. The lowest BCUT2D eigenvalue weighted by molar-refractivity contribution is -0.155. The SMILES string of the molecule is CC(O)(CNC(=O)N1CCCOc2ccccc21)C(=O)O. The summed E-state index contributed by atoms with van der Waals surface area (Å²) in [5.41, 5.74) is -1.38. The summed E-state index contributed by atoms with van der Waals surface area (Å²) >= 11 is 0. The van der Waals surface area contributed by atoms with Gasteiger partial charge in [0.2, 0.25) is 0 Å². The molecular weight excluding hydrogens is 276 g/mol. The maximum atomic E-state index is 12.2. The Morgan fingerprint density at radius 3 is 2.86 bits per heavy atom. The fourth-order valence-electron chi connectivity index (χ4n) is 1.96. The van der Waals surface area contributed by atoms with Crippen molar-refractivity contribution in [3.05, 3.63) is 24.3 Å². The Morgan fingerprint density at radius 1 is 1.43 bits per heavy atom. The number of rotatable bonds is 3. The van der Waals surface area contributed by atoms with Gasteiger partial charge in [0.25, 0.3) is 0 Å². The highest BCUT2D eigenvalue weighted by atomic mass is 16.5. The molecule has 0 fully saturated rings. The third-order valence-corrected chi connectivity index (χ3v) is 3.23. The number of urea groups is 1. The third-order valence-electron chi connectivity index (χ3n) is 3.23. The van der Waals surface area contributed by atoms with Crippen molar-refractivity contribution in [1.29, 1.82) is 0 Å². The molecule has 1 aliphatic rings. The van der Waals surface area contributed by atoms with Crippen molar-refractivity contribution in [1.82, 2.24) is 5.32 Å². The standard InChI is InChI=1S/C14H18N2O5/c1-14(20,12(17)18)9-15-13(19)16-7-4-8-21-11-6-3-2-5-10(11)16/h2-3,5-6,20H,4,7-9H2,1H3,(H,15,19)(H,17,18). The van der Waals surface area contributed by atoms with E-state index in [1.165, 1.54) is 4.90 Å². The van der Waals surface area contributed by atoms with Gasteiger partial charge in [-0.3, -0.25) is 4.90 Å². The van der Waals surface area contributed by atoms with Crippen molar-refractivity contribution >= 4 is 17.7 Å². The van der Waals surface area contributed by atoms with Crippen molar-refractivity contribution < 1.29 is 24.5 Å². The predicted octanol–water partition coefficient (Wildman–Crippen LogP) is 0.821. The van der Waals surface area contributed by atoms with Crippen molar-refractivity contribution in [2.75, 3.05) is 24.6 Å². The van der Waals surface area contributed by atoms with Crippen LogP contribution in [0.5, 0.6) is 5.75 Å². The van der Waals surface area contributed by atoms with Gasteiger partial charge in [-0.25, -0.2) is 9.59 Å². The maximum Gasteiger partial charge on any atom is 0.337 e. The molecule has 0 spiro atoms. The van der Waals surface area contributed by atoms with Crippen molar-refractivity contribution in [2.45, 2.75) is 18.9 Å². The number of amides is 2. The summed E-state index contributed by atoms with van der Waals surface area (Å²) in [5.74, 6) is -0.780. The van der Waals surface area contributed by atoms with Crippen LogP contribution >= 0.6 is 0 Å². The average molecular weight is 294 g/mol. The number of hydrogen-bond donors (Lipinski definition) is 3. The molecule has 0 aromatic heterocycles. The summed E-state index contributed by atoms with van der Waals surface area (Å²) in [6.45, 7) is 1.72. The van der Waals surface area contributed by atoms with Gasteiger partial charge >= 0.3 is 12.0 Å². The van der Waals surface area contributed by atoms with E-state index in [0.717, 1.165) is 6.92 Å². The van der Waals surface area contributed by atoms with Crippen LogP contribution in [0.1, 0.15) is 13.3 Å². The zero-order valence-corrected chi connectivity index (χ0v) is 11.7. The van der Waals surface area contributed by atoms with E-state index in [2.05, 4.69) is 5.32 Å². The average Bonchev–Trinajstić information content (AvgIpc) is 2.67. The Hall–Kier alpha value is -2.28. The Balaban J connectivity index is 2.11. The molecule has 2 rings (SSSR count). The second-order valence-electron chi connectivity index (χ2n) is 5.06. The number of carbonyl (C=O) groups excluding carboxylic acids is 1. The number of carboxylic acid groups (broad SMARTS) is 1. The molecule has 0 bridgehead atoms. The summed E-state index contributed by atoms with van der Waals surface area (Å²) < 4.78 is 5.55. The minimum atomic E-state index is -2.00. The van der Waals surface area contributed by atoms with E-state index in [4.69, 9.17) is 9.84 Å². The molecule has 2 amide bonds. The van der Waals surface area contributed by atoms with E-state index in [9.17, 15) is 14.7 Å². The quantitative estimate of drug-likeness (QED) is 0.766. The van der Waals surface area contributed by atoms with E-state index in [0.29, 0.717) is 31.0 Å². The van der Waals surface area contributed by atoms with E-state index in [1.54, 1.807) is 18.2 Å². The summed E-state index contributed by atoms with van der Waals surface area (Å²) in [4.78, 5) is 24.6. The first-order valence-corrected chi connectivity index (χ1v) is 6.65. The van der Waals surface area contributed by atoms with Gasteiger partial charge in [0.05, 0.1) is 18.8 Å². The van der Waals surface area contributed by atoms with Gasteiger partial charge in [-0.05, 0) is 25.5 Å². The molecule has 1 aromatic carbocycles. The molecule has 1 atom stereocenters. The highest BCUT2D eigenvalue weighted by Crippen LogP contribution is 2.30. The molecule has 0 saturated heterocycles. The monoisotopic (exact) mass is 294 g/mol. The second-order valence-corrected chi connectivity index (χ2v) is 5.06. The zero-order valence-electron chi connectivity index (χ0n) is 11.7. The molecule has 0 radical (unpaired) electrons. The molecule has 7 nitrogen and oxygen atoms in total. The van der Waals surface area contributed by atoms with Gasteiger partial charge in [-0.2, -0.15) is 0 Å². The lowest BCUT2D eigenvalue weighted by Gasteiger charge is -2.24. The Morgan fingerprint density at radius 2 is 2.14 bits per heavy atom. The fourth-order valence-corrected chi connectivity index (χ4v) is 1.96. The van der Waals surface area contributed by atoms with Gasteiger partial charge in [-0.1, -0.05) is 12.1 Å². The van der Waals surface area contributed by atoms with Crippen LogP contribution in [0.3, 0.4) is 0 Å². The Bertz CT molecular complexity index is 544. The summed E-state index contributed by atoms with van der Waals surface area (Å²) in [6.07, 6.45) is 0.664. The molecule has 1 aromatic rings. The summed E-state index contributed by atoms with van der Waals surface area (Å²) in [5, 5.41) is 20.9. The first-order valence-electron chi connectivity index (χ1n) is 6.65. The van der Waals surface area contributed by atoms with Gasteiger partial charge in [0, 0.05) is 6.54 Å². The van der Waals surface area contributed by atoms with Gasteiger partial charge in [0.1, 0.15) is 5.75 Å². The molecule has 1 aliphatic heterocycles. The zero-order chi connectivity index (χ0) is 15.5. The number of anilines is 1. The molecule has 21 heavy (non-hydrogen) atoms. The molecule has 1 heterocycles. The first kappa shape index (κ1) is 15.1. The van der Waals surface area contributed by atoms with Gasteiger partial charge in [0.15, 0.2) is 5.60 Å². The highest BCUT2D eigenvalue weighted by molar-refractivity contribution is 5.94. The van der Waals surface area contributed by atoms with E-state index >= 15 is 0 Å². The van der Waals surface area contributed by atoms with Crippen molar-refractivity contribution in [3.63, 3.8) is 0 Å². The largest absolute Gasteiger partial charge is 0.491 e. The number of aliphatic hydroxyl groups is 1. The summed E-state index contributed by atoms with van der Waals surface area (Å²) in [6, 6.07) is 6.68. The number of fused-ring (bicyclic) bond motifs is 1. The van der Waals surface area contributed by atoms with Crippen LogP contribution in [0.2, 0.25) is 0 Å². The van der Waals surface area contributed by atoms with Crippen molar-refractivity contribution in [3.8, 4) is 5.75 Å². The van der Waals surface area contributed by atoms with E-state index < -0.39 is 17.6 Å². The van der Waals surface area contributed by atoms with Crippen LogP contribution in [0.15, 0.2) is 24.3 Å².